The molecule has 5 N–H and O–H groups in total. The van der Waals surface area contributed by atoms with Gasteiger partial charge in [0.2, 0.25) is 30.4 Å². The zero-order chi connectivity index (χ0) is 32.4. The van der Waals surface area contributed by atoms with Gasteiger partial charge in [0.1, 0.15) is 0 Å². The van der Waals surface area contributed by atoms with Crippen molar-refractivity contribution >= 4 is 30.4 Å². The number of hydrogen-bond acceptors (Lipinski definition) is 10. The molecule has 42 heavy (non-hydrogen) atoms. The van der Waals surface area contributed by atoms with Crippen molar-refractivity contribution in [3.8, 4) is 0 Å². The monoisotopic (exact) mass is 565 g/mol. The van der Waals surface area contributed by atoms with E-state index in [-0.39, 0.29) is 0 Å². The Bertz CT molecular complexity index is 1220. The van der Waals surface area contributed by atoms with E-state index in [0.29, 0.717) is 5.92 Å². The molecule has 0 aromatic heterocycles. The van der Waals surface area contributed by atoms with E-state index in [9.17, 15) is 0 Å². The molecule has 4 aromatic carbocycles. The third kappa shape index (κ3) is 21.8. The van der Waals surface area contributed by atoms with E-state index in [2.05, 4.69) is 129 Å². The summed E-state index contributed by atoms with van der Waals surface area (Å²) in [4.78, 5) is 41.7. The minimum absolute atomic E-state index is 0.309. The van der Waals surface area contributed by atoms with Crippen molar-refractivity contribution in [2.45, 2.75) is 19.8 Å². The second-order valence-corrected chi connectivity index (χ2v) is 7.26. The highest BCUT2D eigenvalue weighted by Crippen LogP contribution is 2.31. The van der Waals surface area contributed by atoms with Gasteiger partial charge in [-0.25, -0.2) is 51.0 Å². The lowest BCUT2D eigenvalue weighted by Crippen LogP contribution is -2.02. The number of carbonyl (C=O) groups excluding carboxylic acids is 5. The number of aryl methyl sites for hydroxylation is 2. The average Bonchev–Trinajstić information content (AvgIpc) is 2.99. The van der Waals surface area contributed by atoms with Crippen molar-refractivity contribution in [3.05, 3.63) is 143 Å². The van der Waals surface area contributed by atoms with Crippen LogP contribution in [0, 0.1) is 40.9 Å². The largest absolute Gasteiger partial charge is 0.231 e. The van der Waals surface area contributed by atoms with Crippen LogP contribution in [0.15, 0.2) is 115 Å². The third-order valence-electron chi connectivity index (χ3n) is 4.82. The standard InChI is InChI=1S/C19H16.C8H10.5CHNO/c1-4-10-16(11-5-1)19(17-12-6-2-7-13-17)18-14-8-3-9-15-18;1-7-5-3-4-6-8(7)2;5*2-1-3/h1-15,19H;3-6H,1-2H3;5*2H. The normalized spacial score (nSPS) is 7.50. The molecule has 0 saturated carbocycles. The predicted molar refractivity (Wildman–Crippen MR) is 158 cm³/mol. The van der Waals surface area contributed by atoms with Gasteiger partial charge in [0.05, 0.1) is 0 Å². The summed E-state index contributed by atoms with van der Waals surface area (Å²) in [6.45, 7) is 4.24. The molecule has 10 nitrogen and oxygen atoms in total. The van der Waals surface area contributed by atoms with Crippen LogP contribution in [0.1, 0.15) is 33.7 Å². The molecule has 10 heteroatoms. The Kier molecular flexibility index (Phi) is 29.7. The molecule has 0 unspecified atom stereocenters. The molecule has 0 aliphatic rings. The summed E-state index contributed by atoms with van der Waals surface area (Å²) >= 11 is 0. The lowest BCUT2D eigenvalue weighted by atomic mass is 9.85. The third-order valence-corrected chi connectivity index (χ3v) is 4.82. The van der Waals surface area contributed by atoms with Crippen LogP contribution >= 0.6 is 0 Å². The summed E-state index contributed by atoms with van der Waals surface area (Å²) in [6.07, 6.45) is 3.75. The molecular weight excluding hydrogens is 534 g/mol. The van der Waals surface area contributed by atoms with Gasteiger partial charge in [-0.3, -0.25) is 0 Å². The summed E-state index contributed by atoms with van der Waals surface area (Å²) in [7, 11) is 0. The fourth-order valence-electron chi connectivity index (χ4n) is 3.18. The Labute approximate surface area is 244 Å². The molecule has 214 valence electrons. The van der Waals surface area contributed by atoms with Crippen LogP contribution in [0.4, 0.5) is 0 Å². The van der Waals surface area contributed by atoms with E-state index < -0.39 is 0 Å². The van der Waals surface area contributed by atoms with E-state index in [1.165, 1.54) is 27.8 Å². The van der Waals surface area contributed by atoms with Gasteiger partial charge in [0.15, 0.2) is 0 Å². The highest BCUT2D eigenvalue weighted by molar-refractivity contribution is 5.42. The number of rotatable bonds is 3. The van der Waals surface area contributed by atoms with Gasteiger partial charge in [0.25, 0.3) is 0 Å². The van der Waals surface area contributed by atoms with Gasteiger partial charge in [-0.2, -0.15) is 0 Å². The molecular formula is C32H31N5O5. The minimum atomic E-state index is 0.309. The summed E-state index contributed by atoms with van der Waals surface area (Å²) in [5.41, 5.74) is 6.74. The predicted octanol–water partition coefficient (Wildman–Crippen LogP) is 6.68. The molecule has 0 radical (unpaired) electrons. The molecule has 0 heterocycles. The minimum Gasteiger partial charge on any atom is -0.222 e. The SMILES string of the molecule is Cc1ccccc1C.N=C=O.N=C=O.N=C=O.N=C=O.N=C=O.c1ccc(C(c2ccccc2)c2ccccc2)cc1. The summed E-state index contributed by atoms with van der Waals surface area (Å²) in [5.74, 6) is 0.309. The zero-order valence-electron chi connectivity index (χ0n) is 23.1. The van der Waals surface area contributed by atoms with Crippen molar-refractivity contribution < 1.29 is 24.0 Å². The first-order valence-electron chi connectivity index (χ1n) is 11.7. The molecule has 0 aliphatic heterocycles. The molecule has 0 atom stereocenters. The van der Waals surface area contributed by atoms with Crippen LogP contribution in [0.3, 0.4) is 0 Å². The fourth-order valence-corrected chi connectivity index (χ4v) is 3.18. The Balaban J connectivity index is -0.000000548. The molecule has 0 saturated heterocycles. The van der Waals surface area contributed by atoms with E-state index in [1.807, 2.05) is 0 Å². The fraction of sp³-hybridized carbons (Fsp3) is 0.0938. The van der Waals surface area contributed by atoms with Crippen molar-refractivity contribution in [3.63, 3.8) is 0 Å². The van der Waals surface area contributed by atoms with E-state index in [0.717, 1.165) is 30.4 Å². The maximum absolute atomic E-state index is 8.35. The lowest BCUT2D eigenvalue weighted by Gasteiger charge is -2.18. The Morgan fingerprint density at radius 1 is 0.381 bits per heavy atom. The highest BCUT2D eigenvalue weighted by Gasteiger charge is 2.15. The van der Waals surface area contributed by atoms with Crippen molar-refractivity contribution in [1.82, 2.24) is 0 Å². The van der Waals surface area contributed by atoms with Gasteiger partial charge in [-0.1, -0.05) is 115 Å². The maximum atomic E-state index is 8.35. The zero-order valence-corrected chi connectivity index (χ0v) is 23.1. The van der Waals surface area contributed by atoms with Gasteiger partial charge >= 0.3 is 0 Å². The van der Waals surface area contributed by atoms with Crippen LogP contribution in [-0.2, 0) is 24.0 Å². The second kappa shape index (κ2) is 31.0. The van der Waals surface area contributed by atoms with Crippen LogP contribution in [0.25, 0.3) is 0 Å². The first kappa shape index (κ1) is 40.3. The summed E-state index contributed by atoms with van der Waals surface area (Å²) < 4.78 is 0. The highest BCUT2D eigenvalue weighted by atomic mass is 16.1. The molecule has 0 spiro atoms. The Hall–Kier alpha value is -6.22. The van der Waals surface area contributed by atoms with Gasteiger partial charge in [-0.05, 0) is 41.7 Å². The molecule has 0 fully saturated rings. The van der Waals surface area contributed by atoms with Gasteiger partial charge in [-0.15, -0.1) is 0 Å². The van der Waals surface area contributed by atoms with Crippen LogP contribution in [-0.4, -0.2) is 30.4 Å². The van der Waals surface area contributed by atoms with E-state index >= 15 is 0 Å². The number of benzene rings is 4. The maximum Gasteiger partial charge on any atom is 0.231 e. The van der Waals surface area contributed by atoms with Crippen molar-refractivity contribution in [2.24, 2.45) is 0 Å². The van der Waals surface area contributed by atoms with Gasteiger partial charge in [0, 0.05) is 5.92 Å². The lowest BCUT2D eigenvalue weighted by molar-refractivity contribution is 0.562. The first-order chi connectivity index (χ1) is 20.3. The molecule has 0 aliphatic carbocycles. The second-order valence-electron chi connectivity index (χ2n) is 7.26. The van der Waals surface area contributed by atoms with E-state index in [4.69, 9.17) is 51.0 Å². The Morgan fingerprint density at radius 2 is 0.548 bits per heavy atom. The quantitative estimate of drug-likeness (QED) is 0.104. The van der Waals surface area contributed by atoms with Crippen LogP contribution in [0.5, 0.6) is 0 Å². The topological polar surface area (TPSA) is 205 Å². The first-order valence-corrected chi connectivity index (χ1v) is 11.7. The summed E-state index contributed by atoms with van der Waals surface area (Å²) in [6, 6.07) is 40.4. The molecule has 4 aromatic rings. The number of nitrogens with one attached hydrogen (secondary N) is 5. The molecule has 0 amide bonds. The number of isocyanates is 5. The average molecular weight is 566 g/mol. The van der Waals surface area contributed by atoms with Crippen molar-refractivity contribution in [2.75, 3.05) is 0 Å². The molecule has 4 rings (SSSR count). The molecule has 0 bridgehead atoms. The van der Waals surface area contributed by atoms with Crippen LogP contribution in [0.2, 0.25) is 0 Å². The van der Waals surface area contributed by atoms with Crippen LogP contribution < -0.4 is 0 Å². The van der Waals surface area contributed by atoms with Crippen molar-refractivity contribution in [1.29, 1.82) is 27.0 Å². The van der Waals surface area contributed by atoms with E-state index in [1.54, 1.807) is 0 Å². The Morgan fingerprint density at radius 3 is 0.714 bits per heavy atom. The van der Waals surface area contributed by atoms with Gasteiger partial charge < -0.3 is 0 Å². The smallest absolute Gasteiger partial charge is 0.222 e. The summed E-state index contributed by atoms with van der Waals surface area (Å²) in [5, 5.41) is 27.0. The number of hydrogen-bond donors (Lipinski definition) is 5.